The molecule has 0 radical (unpaired) electrons. The normalized spacial score (nSPS) is 11.9. The van der Waals surface area contributed by atoms with E-state index in [9.17, 15) is 15.0 Å². The van der Waals surface area contributed by atoms with Gasteiger partial charge in [0.15, 0.2) is 5.78 Å². The summed E-state index contributed by atoms with van der Waals surface area (Å²) in [6.07, 6.45) is 16.7. The van der Waals surface area contributed by atoms with Gasteiger partial charge in [0.05, 0.1) is 13.2 Å². The fourth-order valence-electron chi connectivity index (χ4n) is 4.07. The fraction of sp³-hybridized carbons (Fsp3) is 0.485. The quantitative estimate of drug-likeness (QED) is 0.103. The van der Waals surface area contributed by atoms with Crippen LogP contribution >= 0.6 is 0 Å². The first-order chi connectivity index (χ1) is 18.5. The van der Waals surface area contributed by atoms with Gasteiger partial charge in [0.1, 0.15) is 23.0 Å². The molecular formula is C33H46O5. The average Bonchev–Trinajstić information content (AvgIpc) is 2.92. The number of rotatable bonds is 20. The molecule has 2 N–H and O–H groups in total. The Hall–Kier alpha value is -3.21. The van der Waals surface area contributed by atoms with E-state index in [1.54, 1.807) is 48.5 Å². The largest absolute Gasteiger partial charge is 0.507 e. The van der Waals surface area contributed by atoms with Crippen molar-refractivity contribution in [2.24, 2.45) is 0 Å². The lowest BCUT2D eigenvalue weighted by Crippen LogP contribution is -1.98. The molecule has 208 valence electrons. The van der Waals surface area contributed by atoms with Crippen molar-refractivity contribution < 1.29 is 24.5 Å². The van der Waals surface area contributed by atoms with E-state index in [0.29, 0.717) is 24.3 Å². The van der Waals surface area contributed by atoms with Crippen molar-refractivity contribution >= 4 is 17.3 Å². The van der Waals surface area contributed by atoms with Gasteiger partial charge in [-0.05, 0) is 61.4 Å². The zero-order valence-corrected chi connectivity index (χ0v) is 23.3. The monoisotopic (exact) mass is 522 g/mol. The van der Waals surface area contributed by atoms with Crippen LogP contribution < -0.4 is 9.47 Å². The first-order valence-corrected chi connectivity index (χ1v) is 14.3. The van der Waals surface area contributed by atoms with Crippen molar-refractivity contribution in [3.8, 4) is 11.5 Å². The van der Waals surface area contributed by atoms with Crippen molar-refractivity contribution in [3.05, 3.63) is 71.8 Å². The highest BCUT2D eigenvalue weighted by Crippen LogP contribution is 2.20. The zero-order chi connectivity index (χ0) is 27.4. The molecule has 0 bridgehead atoms. The van der Waals surface area contributed by atoms with Crippen molar-refractivity contribution in [1.82, 2.24) is 0 Å². The summed E-state index contributed by atoms with van der Waals surface area (Å²) in [4.78, 5) is 12.4. The number of unbranched alkanes of at least 4 members (excludes halogenated alkanes) is 10. The molecule has 2 aromatic rings. The molecule has 0 aliphatic carbocycles. The Labute approximate surface area is 229 Å². The van der Waals surface area contributed by atoms with Crippen LogP contribution in [0.25, 0.3) is 11.5 Å². The minimum Gasteiger partial charge on any atom is -0.507 e. The lowest BCUT2D eigenvalue weighted by Gasteiger charge is -2.07. The third-order valence-electron chi connectivity index (χ3n) is 6.39. The van der Waals surface area contributed by atoms with Gasteiger partial charge in [0.25, 0.3) is 0 Å². The minimum absolute atomic E-state index is 0.167. The molecule has 0 saturated carbocycles. The van der Waals surface area contributed by atoms with Crippen LogP contribution in [-0.4, -0.2) is 29.2 Å². The minimum atomic E-state index is -0.508. The van der Waals surface area contributed by atoms with Gasteiger partial charge in [-0.25, -0.2) is 0 Å². The number of ether oxygens (including phenoxy) is 2. The number of carbonyl (C=O) groups excluding carboxylic acids is 1. The third kappa shape index (κ3) is 12.8. The summed E-state index contributed by atoms with van der Waals surface area (Å²) in [5, 5.41) is 20.7. The second-order valence-electron chi connectivity index (χ2n) is 9.74. The lowest BCUT2D eigenvalue weighted by molar-refractivity contribution is -0.110. The van der Waals surface area contributed by atoms with Crippen LogP contribution in [-0.2, 0) is 4.79 Å². The van der Waals surface area contributed by atoms with E-state index in [-0.39, 0.29) is 11.5 Å². The fourth-order valence-corrected chi connectivity index (χ4v) is 4.07. The number of aliphatic hydroxyl groups excluding tert-OH is 2. The van der Waals surface area contributed by atoms with Gasteiger partial charge in [-0.15, -0.1) is 0 Å². The number of carbonyl (C=O) groups is 1. The molecule has 0 fully saturated rings. The Bertz CT molecular complexity index is 894. The first-order valence-electron chi connectivity index (χ1n) is 14.3. The topological polar surface area (TPSA) is 76.0 Å². The van der Waals surface area contributed by atoms with E-state index in [1.807, 2.05) is 0 Å². The van der Waals surface area contributed by atoms with Crippen molar-refractivity contribution in [2.75, 3.05) is 13.2 Å². The van der Waals surface area contributed by atoms with Crippen LogP contribution in [0.5, 0.6) is 11.5 Å². The zero-order valence-electron chi connectivity index (χ0n) is 23.3. The average molecular weight is 523 g/mol. The molecule has 0 saturated heterocycles. The molecule has 5 heteroatoms. The van der Waals surface area contributed by atoms with Gasteiger partial charge < -0.3 is 19.7 Å². The van der Waals surface area contributed by atoms with Crippen LogP contribution in [0.3, 0.4) is 0 Å². The van der Waals surface area contributed by atoms with Gasteiger partial charge in [-0.2, -0.15) is 0 Å². The van der Waals surface area contributed by atoms with Gasteiger partial charge in [-0.1, -0.05) is 78.1 Å². The summed E-state index contributed by atoms with van der Waals surface area (Å²) in [6.45, 7) is 5.76. The van der Waals surface area contributed by atoms with Gasteiger partial charge >= 0.3 is 0 Å². The predicted molar refractivity (Wildman–Crippen MR) is 157 cm³/mol. The molecule has 0 aromatic heterocycles. The van der Waals surface area contributed by atoms with Crippen LogP contribution in [0, 0.1) is 0 Å². The SMILES string of the molecule is CCCCCCCCOc1ccc(/C(O)=C/C(=O)/C=C(\O)c2ccc(OCCCCCCCC)cc2)cc1. The molecule has 0 aliphatic rings. The summed E-state index contributed by atoms with van der Waals surface area (Å²) in [5.74, 6) is 0.628. The van der Waals surface area contributed by atoms with E-state index in [0.717, 1.165) is 36.5 Å². The molecule has 2 aromatic carbocycles. The predicted octanol–water partition coefficient (Wildman–Crippen LogP) is 9.23. The van der Waals surface area contributed by atoms with Crippen molar-refractivity contribution in [1.29, 1.82) is 0 Å². The summed E-state index contributed by atoms with van der Waals surface area (Å²) in [5.41, 5.74) is 1.01. The highest BCUT2D eigenvalue weighted by molar-refractivity contribution is 6.06. The molecule has 2 rings (SSSR count). The van der Waals surface area contributed by atoms with Gasteiger partial charge in [-0.3, -0.25) is 4.79 Å². The summed E-state index contributed by atoms with van der Waals surface area (Å²) < 4.78 is 11.5. The third-order valence-corrected chi connectivity index (χ3v) is 6.39. The maximum atomic E-state index is 12.4. The van der Waals surface area contributed by atoms with E-state index < -0.39 is 5.78 Å². The van der Waals surface area contributed by atoms with Crippen LogP contribution in [0.4, 0.5) is 0 Å². The Morgan fingerprint density at radius 2 is 0.921 bits per heavy atom. The smallest absolute Gasteiger partial charge is 0.186 e. The maximum absolute atomic E-state index is 12.4. The number of aliphatic hydroxyl groups is 2. The Morgan fingerprint density at radius 1 is 0.579 bits per heavy atom. The van der Waals surface area contributed by atoms with Gasteiger partial charge in [0, 0.05) is 23.3 Å². The van der Waals surface area contributed by atoms with Crippen LogP contribution in [0.1, 0.15) is 102 Å². The van der Waals surface area contributed by atoms with E-state index in [1.165, 1.54) is 64.2 Å². The Kier molecular flexibility index (Phi) is 15.5. The Morgan fingerprint density at radius 3 is 1.29 bits per heavy atom. The highest BCUT2D eigenvalue weighted by atomic mass is 16.5. The number of hydrogen-bond donors (Lipinski definition) is 2. The number of ketones is 1. The molecule has 0 spiro atoms. The molecule has 0 amide bonds. The standard InChI is InChI=1S/C33H46O5/c1-3-5-7-9-11-13-23-37-30-19-15-27(16-20-30)32(35)25-29(34)26-33(36)28-17-21-31(22-18-28)38-24-14-12-10-8-6-4-2/h15-22,25-26,35-36H,3-14,23-24H2,1-2H3/b32-25-,33-26-. The summed E-state index contributed by atoms with van der Waals surface area (Å²) in [6, 6.07) is 14.0. The van der Waals surface area contributed by atoms with Crippen molar-refractivity contribution in [2.45, 2.75) is 90.9 Å². The van der Waals surface area contributed by atoms with Crippen LogP contribution in [0.15, 0.2) is 60.7 Å². The van der Waals surface area contributed by atoms with E-state index >= 15 is 0 Å². The number of hydrogen-bond acceptors (Lipinski definition) is 5. The highest BCUT2D eigenvalue weighted by Gasteiger charge is 2.06. The van der Waals surface area contributed by atoms with Crippen molar-refractivity contribution in [3.63, 3.8) is 0 Å². The molecule has 0 heterocycles. The summed E-state index contributed by atoms with van der Waals surface area (Å²) >= 11 is 0. The Balaban J connectivity index is 1.78. The molecular weight excluding hydrogens is 476 g/mol. The molecule has 0 unspecified atom stereocenters. The van der Waals surface area contributed by atoms with E-state index in [4.69, 9.17) is 9.47 Å². The molecule has 0 aliphatic heterocycles. The second-order valence-corrected chi connectivity index (χ2v) is 9.74. The first kappa shape index (κ1) is 31.0. The lowest BCUT2D eigenvalue weighted by atomic mass is 10.1. The maximum Gasteiger partial charge on any atom is 0.186 e. The van der Waals surface area contributed by atoms with E-state index in [2.05, 4.69) is 13.8 Å². The summed E-state index contributed by atoms with van der Waals surface area (Å²) in [7, 11) is 0. The second kappa shape index (κ2) is 18.9. The number of benzene rings is 2. The molecule has 38 heavy (non-hydrogen) atoms. The van der Waals surface area contributed by atoms with Gasteiger partial charge in [0.2, 0.25) is 0 Å². The van der Waals surface area contributed by atoms with Crippen LogP contribution in [0.2, 0.25) is 0 Å². The number of allylic oxidation sites excluding steroid dienone is 2. The molecule has 5 nitrogen and oxygen atoms in total. The molecule has 0 atom stereocenters.